The molecule has 0 unspecified atom stereocenters. The normalized spacial score (nSPS) is 10.7. The molecular weight excluding hydrogens is 428 g/mol. The minimum Gasteiger partial charge on any atom is -0.508 e. The number of carbonyl (C=O) groups excluding carboxylic acids is 1. The highest BCUT2D eigenvalue weighted by molar-refractivity contribution is 9.10. The van der Waals surface area contributed by atoms with Crippen LogP contribution in [-0.2, 0) is 11.2 Å². The molecule has 0 spiro atoms. The molecule has 0 atom stereocenters. The van der Waals surface area contributed by atoms with Crippen molar-refractivity contribution in [1.29, 1.82) is 0 Å². The van der Waals surface area contributed by atoms with Crippen LogP contribution in [0.5, 0.6) is 11.5 Å². The molecule has 0 fully saturated rings. The second kappa shape index (κ2) is 9.82. The summed E-state index contributed by atoms with van der Waals surface area (Å²) in [6, 6.07) is 9.11. The molecule has 0 aliphatic rings. The van der Waals surface area contributed by atoms with Gasteiger partial charge in [-0.3, -0.25) is 4.79 Å². The fraction of sp³-hybridized carbons (Fsp3) is 0.318. The van der Waals surface area contributed by atoms with Gasteiger partial charge in [-0.05, 0) is 40.8 Å². The van der Waals surface area contributed by atoms with Gasteiger partial charge in [0.2, 0.25) is 0 Å². The highest BCUT2D eigenvalue weighted by Gasteiger charge is 2.13. The predicted octanol–water partition coefficient (Wildman–Crippen LogP) is 5.88. The Balaban J connectivity index is 2.14. The largest absolute Gasteiger partial charge is 0.508 e. The summed E-state index contributed by atoms with van der Waals surface area (Å²) in [5.41, 5.74) is 2.88. The lowest BCUT2D eigenvalue weighted by Gasteiger charge is -2.14. The van der Waals surface area contributed by atoms with Gasteiger partial charge >= 0.3 is 0 Å². The summed E-state index contributed by atoms with van der Waals surface area (Å²) < 4.78 is 6.34. The first-order valence-corrected chi connectivity index (χ1v) is 9.86. The van der Waals surface area contributed by atoms with Gasteiger partial charge in [-0.1, -0.05) is 53.5 Å². The molecule has 0 aromatic heterocycles. The maximum Gasteiger partial charge on any atom is 0.171 e. The molecule has 0 radical (unpaired) electrons. The standard InChI is InChI=1S/C22H22BrClO3/c1-4-5-6-16(25)13-27-17-11-20(23)19(21(24)12-17)10-15-7-8-22(26)18(9-15)14(2)3/h1,7-9,11-12,14,26H,5-6,10,13H2,2-3H3. The average Bonchev–Trinajstić information content (AvgIpc) is 2.62. The molecule has 0 aliphatic carbocycles. The Morgan fingerprint density at radius 3 is 2.70 bits per heavy atom. The summed E-state index contributed by atoms with van der Waals surface area (Å²) in [5, 5.41) is 10.5. The van der Waals surface area contributed by atoms with Gasteiger partial charge in [0.05, 0.1) is 0 Å². The maximum atomic E-state index is 11.7. The van der Waals surface area contributed by atoms with E-state index < -0.39 is 0 Å². The summed E-state index contributed by atoms with van der Waals surface area (Å²) in [6.07, 6.45) is 6.49. The molecule has 2 aromatic carbocycles. The van der Waals surface area contributed by atoms with Gasteiger partial charge in [0.15, 0.2) is 5.78 Å². The molecule has 2 rings (SSSR count). The van der Waals surface area contributed by atoms with E-state index in [1.807, 2.05) is 26.0 Å². The van der Waals surface area contributed by atoms with Crippen LogP contribution in [0.1, 0.15) is 49.3 Å². The lowest BCUT2D eigenvalue weighted by Crippen LogP contribution is -2.10. The third-order valence-electron chi connectivity index (χ3n) is 4.16. The molecule has 0 saturated carbocycles. The third-order valence-corrected chi connectivity index (χ3v) is 5.20. The SMILES string of the molecule is C#CCCC(=O)COc1cc(Cl)c(Cc2ccc(O)c(C(C)C)c2)c(Br)c1. The summed E-state index contributed by atoms with van der Waals surface area (Å²) in [7, 11) is 0. The Labute approximate surface area is 173 Å². The van der Waals surface area contributed by atoms with Gasteiger partial charge < -0.3 is 9.84 Å². The van der Waals surface area contributed by atoms with E-state index in [1.165, 1.54) is 0 Å². The third kappa shape index (κ3) is 6.02. The molecule has 3 nitrogen and oxygen atoms in total. The number of Topliss-reactive ketones (excluding diaryl/α,β-unsaturated/α-hetero) is 1. The monoisotopic (exact) mass is 448 g/mol. The second-order valence-electron chi connectivity index (χ2n) is 6.62. The first-order valence-electron chi connectivity index (χ1n) is 8.69. The molecule has 0 bridgehead atoms. The van der Waals surface area contributed by atoms with Crippen LogP contribution in [-0.4, -0.2) is 17.5 Å². The van der Waals surface area contributed by atoms with E-state index in [0.717, 1.165) is 21.2 Å². The number of rotatable bonds is 8. The van der Waals surface area contributed by atoms with Crippen LogP contribution in [0.15, 0.2) is 34.8 Å². The van der Waals surface area contributed by atoms with E-state index in [1.54, 1.807) is 18.2 Å². The topological polar surface area (TPSA) is 46.5 Å². The number of ketones is 1. The molecular formula is C22H22BrClO3. The number of hydrogen-bond acceptors (Lipinski definition) is 3. The van der Waals surface area contributed by atoms with E-state index in [9.17, 15) is 9.90 Å². The number of ether oxygens (including phenoxy) is 1. The minimum absolute atomic E-state index is 0.0283. The van der Waals surface area contributed by atoms with Crippen molar-refractivity contribution < 1.29 is 14.6 Å². The summed E-state index contributed by atoms with van der Waals surface area (Å²) >= 11 is 9.99. The van der Waals surface area contributed by atoms with E-state index in [0.29, 0.717) is 35.8 Å². The molecule has 1 N–H and O–H groups in total. The molecule has 142 valence electrons. The van der Waals surface area contributed by atoms with Crippen molar-refractivity contribution in [2.45, 2.75) is 39.0 Å². The minimum atomic E-state index is -0.0467. The molecule has 0 amide bonds. The van der Waals surface area contributed by atoms with Gasteiger partial charge in [-0.15, -0.1) is 12.3 Å². The second-order valence-corrected chi connectivity index (χ2v) is 7.88. The molecule has 0 saturated heterocycles. The number of phenols is 1. The van der Waals surface area contributed by atoms with Crippen LogP contribution >= 0.6 is 27.5 Å². The zero-order chi connectivity index (χ0) is 20.0. The number of hydrogen-bond donors (Lipinski definition) is 1. The van der Waals surface area contributed by atoms with Crippen LogP contribution in [0.3, 0.4) is 0 Å². The number of phenolic OH excluding ortho intramolecular Hbond substituents is 1. The van der Waals surface area contributed by atoms with Crippen molar-refractivity contribution >= 4 is 33.3 Å². The van der Waals surface area contributed by atoms with Crippen LogP contribution in [0.25, 0.3) is 0 Å². The number of carbonyl (C=O) groups is 1. The Bertz CT molecular complexity index is 845. The molecule has 0 heterocycles. The number of terminal acetylenes is 1. The van der Waals surface area contributed by atoms with Crippen LogP contribution < -0.4 is 4.74 Å². The molecule has 5 heteroatoms. The predicted molar refractivity (Wildman–Crippen MR) is 113 cm³/mol. The van der Waals surface area contributed by atoms with Gasteiger partial charge in [0, 0.05) is 28.8 Å². The van der Waals surface area contributed by atoms with Gasteiger partial charge in [0.25, 0.3) is 0 Å². The first kappa shape index (κ1) is 21.3. The van der Waals surface area contributed by atoms with E-state index >= 15 is 0 Å². The average molecular weight is 450 g/mol. The quantitative estimate of drug-likeness (QED) is 0.512. The Hall–Kier alpha value is -1.96. The van der Waals surface area contributed by atoms with E-state index in [4.69, 9.17) is 22.8 Å². The zero-order valence-electron chi connectivity index (χ0n) is 15.4. The van der Waals surface area contributed by atoms with Crippen LogP contribution in [0.2, 0.25) is 5.02 Å². The van der Waals surface area contributed by atoms with E-state index in [-0.39, 0.29) is 18.3 Å². The van der Waals surface area contributed by atoms with Gasteiger partial charge in [-0.25, -0.2) is 0 Å². The number of aromatic hydroxyl groups is 1. The maximum absolute atomic E-state index is 11.7. The van der Waals surface area contributed by atoms with Gasteiger partial charge in [0.1, 0.15) is 18.1 Å². The summed E-state index contributed by atoms with van der Waals surface area (Å²) in [4.78, 5) is 11.7. The van der Waals surface area contributed by atoms with Crippen molar-refractivity contribution in [2.75, 3.05) is 6.61 Å². The molecule has 2 aromatic rings. The fourth-order valence-corrected chi connectivity index (χ4v) is 3.63. The molecule has 0 aliphatic heterocycles. The highest BCUT2D eigenvalue weighted by Crippen LogP contribution is 2.34. The Kier molecular flexibility index (Phi) is 7.77. The zero-order valence-corrected chi connectivity index (χ0v) is 17.7. The lowest BCUT2D eigenvalue weighted by molar-refractivity contribution is -0.120. The van der Waals surface area contributed by atoms with Crippen molar-refractivity contribution in [3.8, 4) is 23.8 Å². The van der Waals surface area contributed by atoms with Gasteiger partial charge in [-0.2, -0.15) is 0 Å². The van der Waals surface area contributed by atoms with Crippen molar-refractivity contribution in [2.24, 2.45) is 0 Å². The Morgan fingerprint density at radius 1 is 1.33 bits per heavy atom. The summed E-state index contributed by atoms with van der Waals surface area (Å²) in [5.74, 6) is 3.45. The number of benzene rings is 2. The first-order chi connectivity index (χ1) is 12.8. The van der Waals surface area contributed by atoms with Crippen molar-refractivity contribution in [3.63, 3.8) is 0 Å². The molecule has 27 heavy (non-hydrogen) atoms. The Morgan fingerprint density at radius 2 is 2.07 bits per heavy atom. The van der Waals surface area contributed by atoms with Crippen molar-refractivity contribution in [3.05, 3.63) is 56.5 Å². The van der Waals surface area contributed by atoms with Crippen LogP contribution in [0.4, 0.5) is 0 Å². The smallest absolute Gasteiger partial charge is 0.171 e. The number of halogens is 2. The van der Waals surface area contributed by atoms with Crippen molar-refractivity contribution in [1.82, 2.24) is 0 Å². The van der Waals surface area contributed by atoms with Crippen LogP contribution in [0, 0.1) is 12.3 Å². The highest BCUT2D eigenvalue weighted by atomic mass is 79.9. The van der Waals surface area contributed by atoms with E-state index in [2.05, 4.69) is 21.9 Å². The lowest BCUT2D eigenvalue weighted by atomic mass is 9.96. The fourth-order valence-electron chi connectivity index (χ4n) is 2.66. The summed E-state index contributed by atoms with van der Waals surface area (Å²) in [6.45, 7) is 4.05.